The number of fused-ring (bicyclic) bond motifs is 10. The molecule has 1 spiro atoms. The van der Waals surface area contributed by atoms with Crippen molar-refractivity contribution in [3.63, 3.8) is 0 Å². The molecule has 3 aliphatic carbocycles. The average Bonchev–Trinajstić information content (AvgIpc) is 3.66. The standard InChI is InChI=1S/C49H35N/c1-3-13-34(14-4-1)36-23-27-38(28-24-36)50(39-29-25-37(26-30-39)35-15-5-2-6-16-35)40-31-32-44-43-19-9-12-22-47(43)49(48(44)33-40)45-20-10-7-17-41(45)42-18-8-11-21-46(42)49/h1-7,9-10,12-33H,8,11H2. The van der Waals surface area contributed by atoms with Gasteiger partial charge in [-0.1, -0.05) is 152 Å². The third-order valence-corrected chi connectivity index (χ3v) is 10.9. The van der Waals surface area contributed by atoms with Crippen LogP contribution in [-0.2, 0) is 5.41 Å². The van der Waals surface area contributed by atoms with Crippen molar-refractivity contribution in [1.82, 2.24) is 0 Å². The van der Waals surface area contributed by atoms with E-state index in [-0.39, 0.29) is 5.41 Å². The second-order valence-corrected chi connectivity index (χ2v) is 13.5. The Bertz CT molecular complexity index is 2370. The van der Waals surface area contributed by atoms with Crippen LogP contribution in [0.25, 0.3) is 39.0 Å². The minimum atomic E-state index is -0.342. The number of rotatable bonds is 5. The van der Waals surface area contributed by atoms with E-state index in [0.717, 1.165) is 29.9 Å². The van der Waals surface area contributed by atoms with Gasteiger partial charge >= 0.3 is 0 Å². The summed E-state index contributed by atoms with van der Waals surface area (Å²) in [4.78, 5) is 2.42. The maximum absolute atomic E-state index is 2.52. The highest BCUT2D eigenvalue weighted by atomic mass is 15.1. The second kappa shape index (κ2) is 11.5. The fraction of sp³-hybridized carbons (Fsp3) is 0.0612. The molecule has 0 aliphatic heterocycles. The van der Waals surface area contributed by atoms with Crippen molar-refractivity contribution in [3.05, 3.63) is 216 Å². The number of anilines is 3. The zero-order valence-electron chi connectivity index (χ0n) is 27.8. The molecule has 0 heterocycles. The van der Waals surface area contributed by atoms with E-state index in [1.54, 1.807) is 0 Å². The zero-order valence-corrected chi connectivity index (χ0v) is 27.8. The second-order valence-electron chi connectivity index (χ2n) is 13.5. The Balaban J connectivity index is 1.18. The fourth-order valence-electron chi connectivity index (χ4n) is 8.78. The summed E-state index contributed by atoms with van der Waals surface area (Å²) in [5, 5.41) is 0. The third kappa shape index (κ3) is 4.27. The molecule has 0 saturated heterocycles. The van der Waals surface area contributed by atoms with Crippen LogP contribution >= 0.6 is 0 Å². The summed E-state index contributed by atoms with van der Waals surface area (Å²) in [6.07, 6.45) is 7.15. The summed E-state index contributed by atoms with van der Waals surface area (Å²) >= 11 is 0. The van der Waals surface area contributed by atoms with Crippen LogP contribution in [-0.4, -0.2) is 0 Å². The lowest BCUT2D eigenvalue weighted by Crippen LogP contribution is -2.26. The molecule has 0 amide bonds. The van der Waals surface area contributed by atoms with Crippen molar-refractivity contribution < 1.29 is 0 Å². The van der Waals surface area contributed by atoms with E-state index in [0.29, 0.717) is 0 Å². The first-order chi connectivity index (χ1) is 24.8. The summed E-state index contributed by atoms with van der Waals surface area (Å²) in [5.41, 5.74) is 19.0. The molecule has 236 valence electrons. The smallest absolute Gasteiger partial charge is 0.0723 e. The summed E-state index contributed by atoms with van der Waals surface area (Å²) in [5.74, 6) is 0. The van der Waals surface area contributed by atoms with Gasteiger partial charge < -0.3 is 4.90 Å². The molecule has 0 saturated carbocycles. The van der Waals surface area contributed by atoms with Crippen LogP contribution in [0.15, 0.2) is 194 Å². The van der Waals surface area contributed by atoms with Crippen LogP contribution in [0.1, 0.15) is 35.1 Å². The van der Waals surface area contributed by atoms with E-state index in [4.69, 9.17) is 0 Å². The van der Waals surface area contributed by atoms with Gasteiger partial charge in [0, 0.05) is 17.1 Å². The minimum absolute atomic E-state index is 0.342. The van der Waals surface area contributed by atoms with E-state index in [9.17, 15) is 0 Å². The summed E-state index contributed by atoms with van der Waals surface area (Å²) in [6.45, 7) is 0. The number of allylic oxidation sites excluding steroid dienone is 4. The molecule has 1 nitrogen and oxygen atoms in total. The van der Waals surface area contributed by atoms with Crippen molar-refractivity contribution in [3.8, 4) is 33.4 Å². The van der Waals surface area contributed by atoms with Gasteiger partial charge in [-0.05, 0) is 116 Å². The van der Waals surface area contributed by atoms with Crippen LogP contribution in [0.2, 0.25) is 0 Å². The number of hydrogen-bond acceptors (Lipinski definition) is 1. The van der Waals surface area contributed by atoms with Gasteiger partial charge in [0.25, 0.3) is 0 Å². The molecule has 1 unspecified atom stereocenters. The Morgan fingerprint density at radius 3 is 1.44 bits per heavy atom. The zero-order chi connectivity index (χ0) is 33.1. The summed E-state index contributed by atoms with van der Waals surface area (Å²) in [7, 11) is 0. The van der Waals surface area contributed by atoms with Crippen LogP contribution in [0.5, 0.6) is 0 Å². The molecule has 1 heteroatoms. The molecular formula is C49H35N. The molecule has 7 aromatic carbocycles. The van der Waals surface area contributed by atoms with Crippen LogP contribution in [0, 0.1) is 0 Å². The Hall–Kier alpha value is -6.18. The van der Waals surface area contributed by atoms with Gasteiger partial charge in [-0.2, -0.15) is 0 Å². The highest BCUT2D eigenvalue weighted by Gasteiger charge is 2.53. The highest BCUT2D eigenvalue weighted by Crippen LogP contribution is 2.64. The molecular weight excluding hydrogens is 603 g/mol. The molecule has 0 N–H and O–H groups in total. The van der Waals surface area contributed by atoms with Gasteiger partial charge in [0.15, 0.2) is 0 Å². The van der Waals surface area contributed by atoms with Crippen molar-refractivity contribution in [2.75, 3.05) is 4.90 Å². The van der Waals surface area contributed by atoms with Crippen LogP contribution in [0.4, 0.5) is 17.1 Å². The van der Waals surface area contributed by atoms with Crippen molar-refractivity contribution in [1.29, 1.82) is 0 Å². The van der Waals surface area contributed by atoms with Crippen LogP contribution < -0.4 is 4.90 Å². The van der Waals surface area contributed by atoms with Gasteiger partial charge in [0.05, 0.1) is 5.41 Å². The molecule has 7 aromatic rings. The Kier molecular flexibility index (Phi) is 6.60. The maximum atomic E-state index is 2.52. The molecule has 50 heavy (non-hydrogen) atoms. The first-order valence-corrected chi connectivity index (χ1v) is 17.7. The Morgan fingerprint density at radius 2 is 0.820 bits per heavy atom. The Labute approximate surface area is 294 Å². The van der Waals surface area contributed by atoms with Crippen molar-refractivity contribution >= 4 is 22.6 Å². The maximum Gasteiger partial charge on any atom is 0.0723 e. The predicted molar refractivity (Wildman–Crippen MR) is 209 cm³/mol. The van der Waals surface area contributed by atoms with Gasteiger partial charge in [0.1, 0.15) is 0 Å². The predicted octanol–water partition coefficient (Wildman–Crippen LogP) is 12.9. The first-order valence-electron chi connectivity index (χ1n) is 17.7. The molecule has 0 fully saturated rings. The molecule has 0 aromatic heterocycles. The van der Waals surface area contributed by atoms with E-state index >= 15 is 0 Å². The monoisotopic (exact) mass is 637 g/mol. The largest absolute Gasteiger partial charge is 0.310 e. The SMILES string of the molecule is C1=C2C(=CCC1)C1(c3ccccc32)c2ccccc2-c2ccc(N(c3ccc(-c4ccccc4)cc3)c3ccc(-c4ccccc4)cc3)cc21. The Morgan fingerprint density at radius 1 is 0.360 bits per heavy atom. The molecule has 3 aliphatic rings. The van der Waals surface area contributed by atoms with Crippen LogP contribution in [0.3, 0.4) is 0 Å². The topological polar surface area (TPSA) is 3.24 Å². The summed E-state index contributed by atoms with van der Waals surface area (Å²) in [6, 6.07) is 64.7. The summed E-state index contributed by atoms with van der Waals surface area (Å²) < 4.78 is 0. The average molecular weight is 638 g/mol. The first kappa shape index (κ1) is 28.8. The fourth-order valence-corrected chi connectivity index (χ4v) is 8.78. The molecule has 10 rings (SSSR count). The lowest BCUT2D eigenvalue weighted by molar-refractivity contribution is 0.782. The molecule has 1 atom stereocenters. The van der Waals surface area contributed by atoms with Crippen molar-refractivity contribution in [2.45, 2.75) is 18.3 Å². The van der Waals surface area contributed by atoms with E-state index in [1.165, 1.54) is 66.8 Å². The number of hydrogen-bond donors (Lipinski definition) is 0. The minimum Gasteiger partial charge on any atom is -0.310 e. The van der Waals surface area contributed by atoms with E-state index in [2.05, 4.69) is 193 Å². The van der Waals surface area contributed by atoms with Gasteiger partial charge in [0.2, 0.25) is 0 Å². The lowest BCUT2D eigenvalue weighted by atomic mass is 9.69. The lowest BCUT2D eigenvalue weighted by Gasteiger charge is -2.33. The van der Waals surface area contributed by atoms with E-state index in [1.807, 2.05) is 0 Å². The van der Waals surface area contributed by atoms with Gasteiger partial charge in [-0.15, -0.1) is 0 Å². The quantitative estimate of drug-likeness (QED) is 0.182. The highest BCUT2D eigenvalue weighted by molar-refractivity contribution is 6.01. The number of nitrogens with zero attached hydrogens (tertiary/aromatic N) is 1. The van der Waals surface area contributed by atoms with Gasteiger partial charge in [-0.25, -0.2) is 0 Å². The molecule has 0 bridgehead atoms. The molecule has 0 radical (unpaired) electrons. The number of benzene rings is 7. The van der Waals surface area contributed by atoms with E-state index < -0.39 is 0 Å². The normalized spacial score (nSPS) is 16.6. The van der Waals surface area contributed by atoms with Gasteiger partial charge in [-0.3, -0.25) is 0 Å². The van der Waals surface area contributed by atoms with Crippen molar-refractivity contribution in [2.24, 2.45) is 0 Å². The third-order valence-electron chi connectivity index (χ3n) is 10.9.